The molecule has 0 unspecified atom stereocenters. The standard InChI is InChI=1S/C19H20ClNO3S/c1-12(13-8-9-13)21-17(22)10-24-18(23)11-25-16-7-3-5-14-4-2-6-15(20)19(14)16/h2-7,12-13H,8-11H2,1H3,(H,21,22)/t12-/m0/s1. The maximum atomic E-state index is 11.9. The van der Waals surface area contributed by atoms with Gasteiger partial charge in [-0.1, -0.05) is 35.9 Å². The van der Waals surface area contributed by atoms with Crippen molar-refractivity contribution in [1.82, 2.24) is 5.32 Å². The van der Waals surface area contributed by atoms with Gasteiger partial charge in [0.25, 0.3) is 5.91 Å². The first-order valence-corrected chi connectivity index (χ1v) is 9.66. The van der Waals surface area contributed by atoms with E-state index in [0.717, 1.165) is 28.5 Å². The highest BCUT2D eigenvalue weighted by atomic mass is 35.5. The van der Waals surface area contributed by atoms with E-state index in [-0.39, 0.29) is 24.3 Å². The van der Waals surface area contributed by atoms with Crippen molar-refractivity contribution in [3.8, 4) is 0 Å². The number of rotatable bonds is 7. The molecule has 0 bridgehead atoms. The molecule has 6 heteroatoms. The molecule has 0 aromatic heterocycles. The van der Waals surface area contributed by atoms with Crippen LogP contribution in [0.1, 0.15) is 19.8 Å². The molecule has 25 heavy (non-hydrogen) atoms. The molecule has 1 aliphatic rings. The van der Waals surface area contributed by atoms with Gasteiger partial charge in [-0.25, -0.2) is 0 Å². The third-order valence-electron chi connectivity index (χ3n) is 4.24. The highest BCUT2D eigenvalue weighted by molar-refractivity contribution is 8.00. The Labute approximate surface area is 156 Å². The lowest BCUT2D eigenvalue weighted by atomic mass is 10.1. The predicted molar refractivity (Wildman–Crippen MR) is 101 cm³/mol. The van der Waals surface area contributed by atoms with Crippen molar-refractivity contribution in [2.45, 2.75) is 30.7 Å². The van der Waals surface area contributed by atoms with Gasteiger partial charge in [0.05, 0.1) is 5.75 Å². The van der Waals surface area contributed by atoms with E-state index >= 15 is 0 Å². The number of carbonyl (C=O) groups excluding carboxylic acids is 2. The van der Waals surface area contributed by atoms with Crippen molar-refractivity contribution in [1.29, 1.82) is 0 Å². The molecule has 0 spiro atoms. The highest BCUT2D eigenvalue weighted by Gasteiger charge is 2.28. The van der Waals surface area contributed by atoms with Crippen molar-refractivity contribution in [2.24, 2.45) is 5.92 Å². The fourth-order valence-corrected chi connectivity index (χ4v) is 3.96. The van der Waals surface area contributed by atoms with Gasteiger partial charge in [-0.05, 0) is 43.2 Å². The number of hydrogen-bond donors (Lipinski definition) is 1. The molecule has 1 N–H and O–H groups in total. The number of amides is 1. The van der Waals surface area contributed by atoms with Gasteiger partial charge >= 0.3 is 5.97 Å². The van der Waals surface area contributed by atoms with Crippen LogP contribution in [0.2, 0.25) is 5.02 Å². The zero-order valence-electron chi connectivity index (χ0n) is 14.0. The summed E-state index contributed by atoms with van der Waals surface area (Å²) in [6.07, 6.45) is 2.32. The highest BCUT2D eigenvalue weighted by Crippen LogP contribution is 2.33. The van der Waals surface area contributed by atoms with Gasteiger partial charge in [0.2, 0.25) is 0 Å². The SMILES string of the molecule is C[C@H](NC(=O)COC(=O)CSc1cccc2cccc(Cl)c12)C1CC1. The van der Waals surface area contributed by atoms with Crippen LogP contribution in [0.3, 0.4) is 0 Å². The number of benzene rings is 2. The first-order chi connectivity index (χ1) is 12.0. The van der Waals surface area contributed by atoms with E-state index in [1.807, 2.05) is 43.3 Å². The zero-order valence-corrected chi connectivity index (χ0v) is 15.5. The Balaban J connectivity index is 1.50. The monoisotopic (exact) mass is 377 g/mol. The van der Waals surface area contributed by atoms with Crippen LogP contribution < -0.4 is 5.32 Å². The van der Waals surface area contributed by atoms with Crippen LogP contribution in [0.15, 0.2) is 41.3 Å². The van der Waals surface area contributed by atoms with Crippen LogP contribution in [0.25, 0.3) is 10.8 Å². The normalized spacial score (nSPS) is 15.0. The lowest BCUT2D eigenvalue weighted by molar-refractivity contribution is -0.146. The second-order valence-corrected chi connectivity index (χ2v) is 7.66. The summed E-state index contributed by atoms with van der Waals surface area (Å²) in [4.78, 5) is 24.6. The van der Waals surface area contributed by atoms with Crippen molar-refractivity contribution in [3.05, 3.63) is 41.4 Å². The average Bonchev–Trinajstić information content (AvgIpc) is 3.43. The number of esters is 1. The van der Waals surface area contributed by atoms with Gasteiger partial charge in [0.1, 0.15) is 0 Å². The van der Waals surface area contributed by atoms with Gasteiger partial charge in [-0.2, -0.15) is 0 Å². The summed E-state index contributed by atoms with van der Waals surface area (Å²) in [6.45, 7) is 1.75. The molecule has 132 valence electrons. The van der Waals surface area contributed by atoms with Crippen LogP contribution in [0.5, 0.6) is 0 Å². The van der Waals surface area contributed by atoms with E-state index in [1.165, 1.54) is 11.8 Å². The first kappa shape index (κ1) is 18.1. The number of thioether (sulfide) groups is 1. The minimum absolute atomic E-state index is 0.135. The quantitative estimate of drug-likeness (QED) is 0.584. The Bertz CT molecular complexity index is 786. The van der Waals surface area contributed by atoms with E-state index in [0.29, 0.717) is 10.9 Å². The molecule has 0 heterocycles. The van der Waals surface area contributed by atoms with E-state index < -0.39 is 5.97 Å². The maximum absolute atomic E-state index is 11.9. The minimum Gasteiger partial charge on any atom is -0.455 e. The summed E-state index contributed by atoms with van der Waals surface area (Å²) in [7, 11) is 0. The molecule has 1 fully saturated rings. The Morgan fingerprint density at radius 1 is 1.28 bits per heavy atom. The van der Waals surface area contributed by atoms with Crippen molar-refractivity contribution in [2.75, 3.05) is 12.4 Å². The third-order valence-corrected chi connectivity index (χ3v) is 5.59. The maximum Gasteiger partial charge on any atom is 0.316 e. The summed E-state index contributed by atoms with van der Waals surface area (Å²) in [6, 6.07) is 11.7. The second-order valence-electron chi connectivity index (χ2n) is 6.24. The summed E-state index contributed by atoms with van der Waals surface area (Å²) >= 11 is 7.64. The van der Waals surface area contributed by atoms with Crippen molar-refractivity contribution < 1.29 is 14.3 Å². The van der Waals surface area contributed by atoms with Gasteiger partial charge in [0, 0.05) is 21.3 Å². The largest absolute Gasteiger partial charge is 0.455 e. The lowest BCUT2D eigenvalue weighted by Crippen LogP contribution is -2.37. The fraction of sp³-hybridized carbons (Fsp3) is 0.368. The molecule has 0 aliphatic heterocycles. The molecule has 1 aliphatic carbocycles. The van der Waals surface area contributed by atoms with Gasteiger partial charge < -0.3 is 10.1 Å². The smallest absolute Gasteiger partial charge is 0.316 e. The molecule has 0 saturated heterocycles. The Morgan fingerprint density at radius 2 is 2.00 bits per heavy atom. The number of fused-ring (bicyclic) bond motifs is 1. The Hall–Kier alpha value is -1.72. The topological polar surface area (TPSA) is 55.4 Å². The molecular weight excluding hydrogens is 358 g/mol. The molecule has 2 aromatic carbocycles. The number of carbonyl (C=O) groups is 2. The summed E-state index contributed by atoms with van der Waals surface area (Å²) < 4.78 is 5.06. The molecule has 1 saturated carbocycles. The van der Waals surface area contributed by atoms with E-state index in [9.17, 15) is 9.59 Å². The van der Waals surface area contributed by atoms with Gasteiger partial charge in [-0.3, -0.25) is 9.59 Å². The van der Waals surface area contributed by atoms with Crippen LogP contribution in [-0.4, -0.2) is 30.3 Å². The Kier molecular flexibility index (Phi) is 5.86. The van der Waals surface area contributed by atoms with Crippen molar-refractivity contribution in [3.63, 3.8) is 0 Å². The van der Waals surface area contributed by atoms with Crippen LogP contribution in [0, 0.1) is 5.92 Å². The van der Waals surface area contributed by atoms with E-state index in [2.05, 4.69) is 5.32 Å². The molecular formula is C19H20ClNO3S. The molecule has 4 nitrogen and oxygen atoms in total. The summed E-state index contributed by atoms with van der Waals surface area (Å²) in [5.41, 5.74) is 0. The first-order valence-electron chi connectivity index (χ1n) is 8.29. The lowest BCUT2D eigenvalue weighted by Gasteiger charge is -2.12. The number of nitrogens with one attached hydrogen (secondary N) is 1. The number of halogens is 1. The van der Waals surface area contributed by atoms with E-state index in [1.54, 1.807) is 0 Å². The van der Waals surface area contributed by atoms with Crippen molar-refractivity contribution >= 4 is 46.0 Å². The fourth-order valence-electron chi connectivity index (χ4n) is 2.72. The third kappa shape index (κ3) is 4.89. The number of ether oxygens (including phenoxy) is 1. The Morgan fingerprint density at radius 3 is 2.72 bits per heavy atom. The zero-order chi connectivity index (χ0) is 17.8. The summed E-state index contributed by atoms with van der Waals surface area (Å²) in [5, 5.41) is 5.48. The van der Waals surface area contributed by atoms with Crippen LogP contribution in [-0.2, 0) is 14.3 Å². The predicted octanol–water partition coefficient (Wildman–Crippen LogP) is 4.04. The number of hydrogen-bond acceptors (Lipinski definition) is 4. The van der Waals surface area contributed by atoms with Gasteiger partial charge in [-0.15, -0.1) is 11.8 Å². The van der Waals surface area contributed by atoms with E-state index in [4.69, 9.17) is 16.3 Å². The molecule has 1 amide bonds. The van der Waals surface area contributed by atoms with Crippen LogP contribution in [0.4, 0.5) is 0 Å². The van der Waals surface area contributed by atoms with Crippen LogP contribution >= 0.6 is 23.4 Å². The second kappa shape index (κ2) is 8.11. The molecule has 2 aromatic rings. The molecule has 1 atom stereocenters. The van der Waals surface area contributed by atoms with Gasteiger partial charge in [0.15, 0.2) is 6.61 Å². The average molecular weight is 378 g/mol. The molecule has 0 radical (unpaired) electrons. The summed E-state index contributed by atoms with van der Waals surface area (Å²) in [5.74, 6) is 0.0519. The minimum atomic E-state index is -0.414. The molecule has 3 rings (SSSR count).